The van der Waals surface area contributed by atoms with Crippen molar-refractivity contribution in [2.24, 2.45) is 0 Å². The summed E-state index contributed by atoms with van der Waals surface area (Å²) in [5.74, 6) is 0.0299. The lowest BCUT2D eigenvalue weighted by Crippen LogP contribution is -2.18. The fourth-order valence-electron chi connectivity index (χ4n) is 1.39. The number of hydrogen-bond donors (Lipinski definition) is 1. The smallest absolute Gasteiger partial charge is 0.152 e. The molecular weight excluding hydrogens is 356 g/mol. The molecule has 3 nitrogen and oxygen atoms in total. The normalized spacial score (nSPS) is 11.5. The van der Waals surface area contributed by atoms with Crippen molar-refractivity contribution in [3.63, 3.8) is 0 Å². The van der Waals surface area contributed by atoms with Crippen LogP contribution in [0.3, 0.4) is 0 Å². The third kappa shape index (κ3) is 5.20. The van der Waals surface area contributed by atoms with E-state index in [2.05, 4.69) is 5.32 Å². The zero-order chi connectivity index (χ0) is 12.9. The highest BCUT2D eigenvalue weighted by atomic mass is 127. The SMILES string of the molecule is CCCS(=O)(=O)CCNc1ccc(F)cc1I. The molecule has 0 radical (unpaired) electrons. The highest BCUT2D eigenvalue weighted by Crippen LogP contribution is 2.18. The molecule has 0 atom stereocenters. The predicted molar refractivity (Wildman–Crippen MR) is 76.6 cm³/mol. The highest BCUT2D eigenvalue weighted by Gasteiger charge is 2.09. The summed E-state index contributed by atoms with van der Waals surface area (Å²) in [6.45, 7) is 2.19. The largest absolute Gasteiger partial charge is 0.383 e. The van der Waals surface area contributed by atoms with Crippen molar-refractivity contribution in [1.29, 1.82) is 0 Å². The highest BCUT2D eigenvalue weighted by molar-refractivity contribution is 14.1. The Kier molecular flexibility index (Phi) is 5.64. The minimum atomic E-state index is -2.96. The number of rotatable bonds is 6. The van der Waals surface area contributed by atoms with Crippen LogP contribution in [-0.4, -0.2) is 26.5 Å². The second kappa shape index (κ2) is 6.53. The number of sulfone groups is 1. The molecule has 0 unspecified atom stereocenters. The van der Waals surface area contributed by atoms with Crippen molar-refractivity contribution in [3.8, 4) is 0 Å². The van der Waals surface area contributed by atoms with Gasteiger partial charge in [0.25, 0.3) is 0 Å². The first-order chi connectivity index (χ1) is 7.94. The molecule has 0 heterocycles. The summed E-state index contributed by atoms with van der Waals surface area (Å²) in [5.41, 5.74) is 0.763. The summed E-state index contributed by atoms with van der Waals surface area (Å²) in [6, 6.07) is 4.37. The molecule has 0 saturated carbocycles. The van der Waals surface area contributed by atoms with Crippen LogP contribution in [0.5, 0.6) is 0 Å². The summed E-state index contributed by atoms with van der Waals surface area (Å²) in [5, 5.41) is 3.00. The maximum absolute atomic E-state index is 12.8. The van der Waals surface area contributed by atoms with E-state index in [-0.39, 0.29) is 17.3 Å². The number of hydrogen-bond acceptors (Lipinski definition) is 3. The van der Waals surface area contributed by atoms with Crippen molar-refractivity contribution < 1.29 is 12.8 Å². The van der Waals surface area contributed by atoms with E-state index in [1.807, 2.05) is 29.5 Å². The van der Waals surface area contributed by atoms with E-state index < -0.39 is 9.84 Å². The predicted octanol–water partition coefficient (Wildman–Crippen LogP) is 2.67. The van der Waals surface area contributed by atoms with E-state index >= 15 is 0 Å². The van der Waals surface area contributed by atoms with Gasteiger partial charge >= 0.3 is 0 Å². The summed E-state index contributed by atoms with van der Waals surface area (Å²) >= 11 is 2.01. The first-order valence-electron chi connectivity index (χ1n) is 5.34. The number of anilines is 1. The zero-order valence-electron chi connectivity index (χ0n) is 9.54. The fraction of sp³-hybridized carbons (Fsp3) is 0.455. The van der Waals surface area contributed by atoms with E-state index in [4.69, 9.17) is 0 Å². The topological polar surface area (TPSA) is 46.2 Å². The Labute approximate surface area is 115 Å². The Hall–Kier alpha value is -0.370. The molecule has 0 aliphatic carbocycles. The molecule has 6 heteroatoms. The molecule has 0 fully saturated rings. The van der Waals surface area contributed by atoms with Gasteiger partial charge in [0.2, 0.25) is 0 Å². The second-order valence-corrected chi connectivity index (χ2v) is 7.17. The first kappa shape index (κ1) is 14.7. The summed E-state index contributed by atoms with van der Waals surface area (Å²) in [7, 11) is -2.96. The molecule has 0 saturated heterocycles. The van der Waals surface area contributed by atoms with Crippen LogP contribution in [0.2, 0.25) is 0 Å². The van der Waals surface area contributed by atoms with Crippen LogP contribution in [0.4, 0.5) is 10.1 Å². The van der Waals surface area contributed by atoms with Crippen LogP contribution in [0, 0.1) is 9.39 Å². The van der Waals surface area contributed by atoms with Crippen molar-refractivity contribution >= 4 is 38.1 Å². The number of nitrogens with one attached hydrogen (secondary N) is 1. The molecule has 0 aromatic heterocycles. The first-order valence-corrected chi connectivity index (χ1v) is 8.24. The maximum Gasteiger partial charge on any atom is 0.152 e. The average Bonchev–Trinajstić information content (AvgIpc) is 2.21. The van der Waals surface area contributed by atoms with Crippen molar-refractivity contribution in [1.82, 2.24) is 0 Å². The minimum Gasteiger partial charge on any atom is -0.383 e. The van der Waals surface area contributed by atoms with Crippen molar-refractivity contribution in [2.75, 3.05) is 23.4 Å². The molecule has 0 bridgehead atoms. The van der Waals surface area contributed by atoms with Gasteiger partial charge in [0.05, 0.1) is 5.75 Å². The van der Waals surface area contributed by atoms with Gasteiger partial charge in [-0.25, -0.2) is 12.8 Å². The molecule has 1 aromatic rings. The zero-order valence-corrected chi connectivity index (χ0v) is 12.5. The maximum atomic E-state index is 12.8. The van der Waals surface area contributed by atoms with Gasteiger partial charge in [-0.15, -0.1) is 0 Å². The van der Waals surface area contributed by atoms with Gasteiger partial charge in [-0.2, -0.15) is 0 Å². The Morgan fingerprint density at radius 2 is 2.06 bits per heavy atom. The molecule has 0 spiro atoms. The number of benzene rings is 1. The summed E-state index contributed by atoms with van der Waals surface area (Å²) in [4.78, 5) is 0. The lowest BCUT2D eigenvalue weighted by molar-refractivity contribution is 0.595. The van der Waals surface area contributed by atoms with Crippen LogP contribution in [0.1, 0.15) is 13.3 Å². The van der Waals surface area contributed by atoms with Gasteiger partial charge in [0.15, 0.2) is 9.84 Å². The summed E-state index contributed by atoms with van der Waals surface area (Å²) in [6.07, 6.45) is 0.635. The van der Waals surface area contributed by atoms with E-state index in [9.17, 15) is 12.8 Å². The minimum absolute atomic E-state index is 0.105. The van der Waals surface area contributed by atoms with Crippen LogP contribution in [-0.2, 0) is 9.84 Å². The molecule has 0 aliphatic rings. The van der Waals surface area contributed by atoms with E-state index in [0.29, 0.717) is 13.0 Å². The van der Waals surface area contributed by atoms with E-state index in [1.54, 1.807) is 6.07 Å². The second-order valence-electron chi connectivity index (χ2n) is 3.70. The monoisotopic (exact) mass is 371 g/mol. The van der Waals surface area contributed by atoms with E-state index in [1.165, 1.54) is 12.1 Å². The molecule has 1 N–H and O–H groups in total. The fourth-order valence-corrected chi connectivity index (χ4v) is 3.29. The number of halogens is 2. The van der Waals surface area contributed by atoms with Crippen LogP contribution in [0.15, 0.2) is 18.2 Å². The van der Waals surface area contributed by atoms with Gasteiger partial charge < -0.3 is 5.32 Å². The van der Waals surface area contributed by atoms with Crippen molar-refractivity contribution in [3.05, 3.63) is 27.6 Å². The molecule has 1 aromatic carbocycles. The van der Waals surface area contributed by atoms with Gasteiger partial charge in [0.1, 0.15) is 5.82 Å². The Balaban J connectivity index is 2.51. The van der Waals surface area contributed by atoms with Gasteiger partial charge in [0, 0.05) is 21.6 Å². The van der Waals surface area contributed by atoms with Crippen molar-refractivity contribution in [2.45, 2.75) is 13.3 Å². The average molecular weight is 371 g/mol. The quantitative estimate of drug-likeness (QED) is 0.783. The third-order valence-corrected chi connectivity index (χ3v) is 4.92. The molecule has 0 amide bonds. The van der Waals surface area contributed by atoms with Gasteiger partial charge in [-0.3, -0.25) is 0 Å². The van der Waals surface area contributed by atoms with Gasteiger partial charge in [-0.1, -0.05) is 6.92 Å². The Morgan fingerprint density at radius 3 is 2.65 bits per heavy atom. The van der Waals surface area contributed by atoms with Gasteiger partial charge in [-0.05, 0) is 47.2 Å². The lowest BCUT2D eigenvalue weighted by atomic mass is 10.3. The van der Waals surface area contributed by atoms with E-state index in [0.717, 1.165) is 9.26 Å². The molecule has 17 heavy (non-hydrogen) atoms. The third-order valence-electron chi connectivity index (χ3n) is 2.17. The summed E-state index contributed by atoms with van der Waals surface area (Å²) < 4.78 is 36.5. The van der Waals surface area contributed by atoms with Crippen LogP contribution < -0.4 is 5.32 Å². The van der Waals surface area contributed by atoms with Crippen LogP contribution >= 0.6 is 22.6 Å². The molecule has 96 valence electrons. The lowest BCUT2D eigenvalue weighted by Gasteiger charge is -2.08. The molecule has 0 aliphatic heterocycles. The van der Waals surface area contributed by atoms with Crippen LogP contribution in [0.25, 0.3) is 0 Å². The Morgan fingerprint density at radius 1 is 1.35 bits per heavy atom. The molecule has 1 rings (SSSR count). The Bertz CT molecular complexity index is 476. The molecular formula is C11H15FINO2S. The standard InChI is InChI=1S/C11H15FINO2S/c1-2-6-17(15,16)7-5-14-11-4-3-9(12)8-10(11)13/h3-4,8,14H,2,5-7H2,1H3.